The van der Waals surface area contributed by atoms with Crippen molar-refractivity contribution in [3.05, 3.63) is 23.7 Å². The first-order chi connectivity index (χ1) is 8.16. The Kier molecular flexibility index (Phi) is 4.27. The minimum Gasteiger partial charge on any atom is -0.466 e. The number of piperidine rings is 1. The van der Waals surface area contributed by atoms with Gasteiger partial charge in [-0.05, 0) is 58.3 Å². The van der Waals surface area contributed by atoms with Crippen LogP contribution in [0.4, 0.5) is 0 Å². The van der Waals surface area contributed by atoms with Crippen LogP contribution in [0.5, 0.6) is 0 Å². The summed E-state index contributed by atoms with van der Waals surface area (Å²) in [5, 5.41) is 0. The van der Waals surface area contributed by atoms with Gasteiger partial charge >= 0.3 is 0 Å². The predicted molar refractivity (Wildman–Crippen MR) is 71.4 cm³/mol. The van der Waals surface area contributed by atoms with Gasteiger partial charge < -0.3 is 9.32 Å². The molecule has 0 aliphatic carbocycles. The fourth-order valence-electron chi connectivity index (χ4n) is 2.71. The quantitative estimate of drug-likeness (QED) is 0.785. The smallest absolute Gasteiger partial charge is 0.107 e. The first-order valence-corrected chi connectivity index (χ1v) is 6.97. The van der Waals surface area contributed by atoms with E-state index in [2.05, 4.69) is 30.9 Å². The molecule has 1 aromatic heterocycles. The lowest BCUT2D eigenvalue weighted by Gasteiger charge is -2.33. The third-order valence-corrected chi connectivity index (χ3v) is 4.04. The van der Waals surface area contributed by atoms with Gasteiger partial charge in [-0.3, -0.25) is 0 Å². The number of hydrogen-bond acceptors (Lipinski definition) is 2. The van der Waals surface area contributed by atoms with Crippen molar-refractivity contribution >= 4 is 0 Å². The Morgan fingerprint density at radius 3 is 2.88 bits per heavy atom. The van der Waals surface area contributed by atoms with Crippen LogP contribution >= 0.6 is 0 Å². The number of hydrogen-bond donors (Lipinski definition) is 0. The molecular formula is C15H25NO. The maximum atomic E-state index is 5.69. The molecule has 1 aliphatic rings. The highest BCUT2D eigenvalue weighted by Gasteiger charge is 2.19. The van der Waals surface area contributed by atoms with Crippen molar-refractivity contribution in [1.82, 2.24) is 4.90 Å². The van der Waals surface area contributed by atoms with Gasteiger partial charge in [-0.1, -0.05) is 13.3 Å². The molecule has 0 spiro atoms. The SMILES string of the molecule is Cc1ccc([C@@H](C)CCN2CCCC[C@H]2C)o1. The van der Waals surface area contributed by atoms with Crippen LogP contribution < -0.4 is 0 Å². The molecule has 2 atom stereocenters. The molecule has 0 amide bonds. The Bertz CT molecular complexity index is 344. The van der Waals surface area contributed by atoms with E-state index in [0.717, 1.165) is 17.6 Å². The molecule has 0 radical (unpaired) electrons. The van der Waals surface area contributed by atoms with Gasteiger partial charge in [0.05, 0.1) is 0 Å². The molecule has 2 heteroatoms. The average Bonchev–Trinajstić information content (AvgIpc) is 2.74. The van der Waals surface area contributed by atoms with Crippen molar-refractivity contribution in [2.24, 2.45) is 0 Å². The summed E-state index contributed by atoms with van der Waals surface area (Å²) in [5.41, 5.74) is 0. The second-order valence-corrected chi connectivity index (χ2v) is 5.52. The Labute approximate surface area is 105 Å². The van der Waals surface area contributed by atoms with E-state index in [1.54, 1.807) is 0 Å². The predicted octanol–water partition coefficient (Wildman–Crippen LogP) is 3.96. The summed E-state index contributed by atoms with van der Waals surface area (Å²) < 4.78 is 5.69. The van der Waals surface area contributed by atoms with E-state index in [9.17, 15) is 0 Å². The van der Waals surface area contributed by atoms with Crippen molar-refractivity contribution in [2.45, 2.75) is 58.4 Å². The molecule has 17 heavy (non-hydrogen) atoms. The van der Waals surface area contributed by atoms with Crippen LogP contribution in [0.2, 0.25) is 0 Å². The molecule has 0 bridgehead atoms. The average molecular weight is 235 g/mol. The van der Waals surface area contributed by atoms with E-state index in [0.29, 0.717) is 5.92 Å². The maximum Gasteiger partial charge on any atom is 0.107 e. The maximum absolute atomic E-state index is 5.69. The molecule has 0 saturated carbocycles. The largest absolute Gasteiger partial charge is 0.466 e. The van der Waals surface area contributed by atoms with Crippen LogP contribution in [0.15, 0.2) is 16.5 Å². The zero-order valence-electron chi connectivity index (χ0n) is 11.4. The van der Waals surface area contributed by atoms with Gasteiger partial charge in [0, 0.05) is 12.0 Å². The molecule has 1 fully saturated rings. The van der Waals surface area contributed by atoms with Gasteiger partial charge in [0.2, 0.25) is 0 Å². The summed E-state index contributed by atoms with van der Waals surface area (Å²) in [6, 6.07) is 4.96. The summed E-state index contributed by atoms with van der Waals surface area (Å²) in [4.78, 5) is 2.63. The normalized spacial score (nSPS) is 23.8. The molecule has 0 unspecified atom stereocenters. The minimum absolute atomic E-state index is 0.540. The number of likely N-dealkylation sites (tertiary alicyclic amines) is 1. The number of furan rings is 1. The number of aryl methyl sites for hydroxylation is 1. The van der Waals surface area contributed by atoms with Crippen LogP contribution in [0, 0.1) is 6.92 Å². The summed E-state index contributed by atoms with van der Waals surface area (Å²) in [6.07, 6.45) is 5.36. The standard InChI is InChI=1S/C15H25NO/c1-12(15-8-7-14(3)17-15)9-11-16-10-5-4-6-13(16)2/h7-8,12-13H,4-6,9-11H2,1-3H3/t12-,13+/m0/s1. The molecule has 0 N–H and O–H groups in total. The van der Waals surface area contributed by atoms with Gasteiger partial charge in [0.15, 0.2) is 0 Å². The molecule has 1 aliphatic heterocycles. The highest BCUT2D eigenvalue weighted by atomic mass is 16.3. The summed E-state index contributed by atoms with van der Waals surface area (Å²) >= 11 is 0. The molecule has 1 saturated heterocycles. The van der Waals surface area contributed by atoms with E-state index in [4.69, 9.17) is 4.42 Å². The molecular weight excluding hydrogens is 210 g/mol. The van der Waals surface area contributed by atoms with Gasteiger partial charge in [-0.25, -0.2) is 0 Å². The van der Waals surface area contributed by atoms with Crippen molar-refractivity contribution in [3.8, 4) is 0 Å². The van der Waals surface area contributed by atoms with Crippen LogP contribution in [-0.4, -0.2) is 24.0 Å². The zero-order valence-corrected chi connectivity index (χ0v) is 11.4. The highest BCUT2D eigenvalue weighted by molar-refractivity contribution is 5.09. The topological polar surface area (TPSA) is 16.4 Å². The fourth-order valence-corrected chi connectivity index (χ4v) is 2.71. The Balaban J connectivity index is 1.81. The minimum atomic E-state index is 0.540. The lowest BCUT2D eigenvalue weighted by atomic mass is 10.0. The fraction of sp³-hybridized carbons (Fsp3) is 0.733. The molecule has 2 heterocycles. The van der Waals surface area contributed by atoms with E-state index in [1.807, 2.05) is 6.92 Å². The van der Waals surface area contributed by atoms with Crippen LogP contribution in [0.1, 0.15) is 57.0 Å². The Morgan fingerprint density at radius 2 is 2.24 bits per heavy atom. The van der Waals surface area contributed by atoms with Crippen molar-refractivity contribution < 1.29 is 4.42 Å². The molecule has 96 valence electrons. The summed E-state index contributed by atoms with van der Waals surface area (Å²) in [5.74, 6) is 2.71. The summed E-state index contributed by atoms with van der Waals surface area (Å²) in [6.45, 7) is 9.14. The van der Waals surface area contributed by atoms with Crippen molar-refractivity contribution in [1.29, 1.82) is 0 Å². The number of rotatable bonds is 4. The second kappa shape index (κ2) is 5.72. The van der Waals surface area contributed by atoms with Crippen molar-refractivity contribution in [2.75, 3.05) is 13.1 Å². The van der Waals surface area contributed by atoms with Crippen LogP contribution in [-0.2, 0) is 0 Å². The molecule has 1 aromatic rings. The molecule has 2 rings (SSSR count). The van der Waals surface area contributed by atoms with Gasteiger partial charge in [0.25, 0.3) is 0 Å². The summed E-state index contributed by atoms with van der Waals surface area (Å²) in [7, 11) is 0. The Hall–Kier alpha value is -0.760. The monoisotopic (exact) mass is 235 g/mol. The Morgan fingerprint density at radius 1 is 1.41 bits per heavy atom. The first kappa shape index (κ1) is 12.7. The van der Waals surface area contributed by atoms with Crippen molar-refractivity contribution in [3.63, 3.8) is 0 Å². The zero-order chi connectivity index (χ0) is 12.3. The van der Waals surface area contributed by atoms with Crippen LogP contribution in [0.3, 0.4) is 0 Å². The molecule has 0 aromatic carbocycles. The van der Waals surface area contributed by atoms with Gasteiger partial charge in [0.1, 0.15) is 11.5 Å². The molecule has 2 nitrogen and oxygen atoms in total. The van der Waals surface area contributed by atoms with Gasteiger partial charge in [-0.2, -0.15) is 0 Å². The lowest BCUT2D eigenvalue weighted by molar-refractivity contribution is 0.155. The van der Waals surface area contributed by atoms with E-state index in [-0.39, 0.29) is 0 Å². The first-order valence-electron chi connectivity index (χ1n) is 6.97. The second-order valence-electron chi connectivity index (χ2n) is 5.52. The van der Waals surface area contributed by atoms with Gasteiger partial charge in [-0.15, -0.1) is 0 Å². The van der Waals surface area contributed by atoms with E-state index in [1.165, 1.54) is 38.8 Å². The third kappa shape index (κ3) is 3.35. The highest BCUT2D eigenvalue weighted by Crippen LogP contribution is 2.23. The lowest BCUT2D eigenvalue weighted by Crippen LogP contribution is -2.38. The third-order valence-electron chi connectivity index (χ3n) is 4.04. The van der Waals surface area contributed by atoms with E-state index < -0.39 is 0 Å². The number of nitrogens with zero attached hydrogens (tertiary/aromatic N) is 1. The van der Waals surface area contributed by atoms with E-state index >= 15 is 0 Å². The van der Waals surface area contributed by atoms with Crippen LogP contribution in [0.25, 0.3) is 0 Å².